The molecular formula is C19H18FN5O2. The first kappa shape index (κ1) is 18.2. The van der Waals surface area contributed by atoms with Crippen molar-refractivity contribution in [1.29, 1.82) is 0 Å². The van der Waals surface area contributed by atoms with E-state index >= 15 is 0 Å². The third-order valence-electron chi connectivity index (χ3n) is 4.00. The minimum Gasteiger partial charge on any atom is -0.360 e. The molecule has 0 aliphatic heterocycles. The lowest BCUT2D eigenvalue weighted by Gasteiger charge is -2.10. The summed E-state index contributed by atoms with van der Waals surface area (Å²) in [5.41, 5.74) is 2.38. The second-order valence-corrected chi connectivity index (χ2v) is 5.83. The van der Waals surface area contributed by atoms with Crippen molar-refractivity contribution < 1.29 is 9.31 Å². The van der Waals surface area contributed by atoms with Gasteiger partial charge in [-0.05, 0) is 41.8 Å². The topological polar surface area (TPSA) is 93.0 Å². The van der Waals surface area contributed by atoms with Crippen molar-refractivity contribution in [2.75, 3.05) is 10.6 Å². The molecule has 3 rings (SSSR count). The summed E-state index contributed by atoms with van der Waals surface area (Å²) in [6.45, 7) is 2.32. The van der Waals surface area contributed by atoms with Crippen LogP contribution in [0.4, 0.5) is 27.4 Å². The summed E-state index contributed by atoms with van der Waals surface area (Å²) < 4.78 is 13.0. The molecule has 2 aromatic carbocycles. The van der Waals surface area contributed by atoms with Crippen LogP contribution < -0.4 is 10.6 Å². The Hall–Kier alpha value is -3.55. The third kappa shape index (κ3) is 4.55. The number of anilines is 3. The first-order valence-electron chi connectivity index (χ1n) is 8.40. The van der Waals surface area contributed by atoms with E-state index in [0.29, 0.717) is 5.69 Å². The number of halogens is 1. The molecule has 3 aromatic rings. The van der Waals surface area contributed by atoms with Crippen molar-refractivity contribution >= 4 is 23.0 Å². The standard InChI is InChI=1S/C19H18FN5O2/c1-2-13-5-9-16(10-6-13)24-19-17(25(26)27)18(22-12-23-19)21-11-14-3-7-15(20)8-4-14/h3-10,12H,2,11H2,1H3,(H2,21,22,23,24). The highest BCUT2D eigenvalue weighted by molar-refractivity contribution is 5.73. The quantitative estimate of drug-likeness (QED) is 0.474. The van der Waals surface area contributed by atoms with Crippen LogP contribution in [0.15, 0.2) is 54.9 Å². The van der Waals surface area contributed by atoms with E-state index < -0.39 is 4.92 Å². The van der Waals surface area contributed by atoms with Gasteiger partial charge in [-0.3, -0.25) is 10.1 Å². The number of hydrogen-bond acceptors (Lipinski definition) is 6. The molecule has 0 saturated carbocycles. The molecule has 0 saturated heterocycles. The monoisotopic (exact) mass is 367 g/mol. The number of nitrogens with one attached hydrogen (secondary N) is 2. The number of nitro groups is 1. The number of benzene rings is 2. The van der Waals surface area contributed by atoms with Crippen LogP contribution in [-0.2, 0) is 13.0 Å². The van der Waals surface area contributed by atoms with Gasteiger partial charge >= 0.3 is 5.69 Å². The summed E-state index contributed by atoms with van der Waals surface area (Å²) in [6, 6.07) is 13.4. The van der Waals surface area contributed by atoms with Crippen molar-refractivity contribution in [3.8, 4) is 0 Å². The first-order chi connectivity index (χ1) is 13.1. The Morgan fingerprint density at radius 1 is 1.00 bits per heavy atom. The molecule has 2 N–H and O–H groups in total. The molecule has 0 aliphatic rings. The lowest BCUT2D eigenvalue weighted by atomic mass is 10.1. The lowest BCUT2D eigenvalue weighted by Crippen LogP contribution is -2.08. The zero-order chi connectivity index (χ0) is 19.2. The van der Waals surface area contributed by atoms with Gasteiger partial charge in [-0.15, -0.1) is 0 Å². The van der Waals surface area contributed by atoms with Gasteiger partial charge in [0.05, 0.1) is 4.92 Å². The van der Waals surface area contributed by atoms with E-state index in [-0.39, 0.29) is 29.7 Å². The first-order valence-corrected chi connectivity index (χ1v) is 8.40. The highest BCUT2D eigenvalue weighted by atomic mass is 19.1. The Morgan fingerprint density at radius 3 is 2.26 bits per heavy atom. The predicted molar refractivity (Wildman–Crippen MR) is 102 cm³/mol. The number of hydrogen-bond donors (Lipinski definition) is 2. The number of rotatable bonds is 7. The Labute approximate surface area is 155 Å². The van der Waals surface area contributed by atoms with Crippen molar-refractivity contribution in [3.05, 3.63) is 81.9 Å². The van der Waals surface area contributed by atoms with Crippen LogP contribution in [0.2, 0.25) is 0 Å². The van der Waals surface area contributed by atoms with E-state index in [4.69, 9.17) is 0 Å². The van der Waals surface area contributed by atoms with E-state index in [1.54, 1.807) is 12.1 Å². The van der Waals surface area contributed by atoms with Crippen LogP contribution in [0.3, 0.4) is 0 Å². The average molecular weight is 367 g/mol. The van der Waals surface area contributed by atoms with E-state index in [0.717, 1.165) is 12.0 Å². The van der Waals surface area contributed by atoms with E-state index in [2.05, 4.69) is 27.5 Å². The molecule has 138 valence electrons. The molecule has 0 unspecified atom stereocenters. The molecule has 1 heterocycles. The third-order valence-corrected chi connectivity index (χ3v) is 4.00. The smallest absolute Gasteiger partial charge is 0.353 e. The molecule has 8 heteroatoms. The van der Waals surface area contributed by atoms with Gasteiger partial charge in [0.15, 0.2) is 0 Å². The van der Waals surface area contributed by atoms with Crippen molar-refractivity contribution in [1.82, 2.24) is 9.97 Å². The molecule has 0 radical (unpaired) electrons. The number of aromatic nitrogens is 2. The Bertz CT molecular complexity index is 930. The molecule has 0 fully saturated rings. The SMILES string of the molecule is CCc1ccc(Nc2ncnc(NCc3ccc(F)cc3)c2[N+](=O)[O-])cc1. The van der Waals surface area contributed by atoms with Gasteiger partial charge in [-0.25, -0.2) is 14.4 Å². The highest BCUT2D eigenvalue weighted by Gasteiger charge is 2.23. The minimum absolute atomic E-state index is 0.0898. The summed E-state index contributed by atoms with van der Waals surface area (Å²) in [5, 5.41) is 17.5. The fourth-order valence-electron chi connectivity index (χ4n) is 2.52. The number of aryl methyl sites for hydroxylation is 1. The molecule has 0 amide bonds. The van der Waals surface area contributed by atoms with Gasteiger partial charge in [0, 0.05) is 12.2 Å². The largest absolute Gasteiger partial charge is 0.360 e. The maximum atomic E-state index is 13.0. The lowest BCUT2D eigenvalue weighted by molar-refractivity contribution is -0.383. The summed E-state index contributed by atoms with van der Waals surface area (Å²) in [6.07, 6.45) is 2.16. The molecule has 1 aromatic heterocycles. The molecule has 27 heavy (non-hydrogen) atoms. The van der Waals surface area contributed by atoms with Crippen LogP contribution >= 0.6 is 0 Å². The highest BCUT2D eigenvalue weighted by Crippen LogP contribution is 2.31. The van der Waals surface area contributed by atoms with Crippen molar-refractivity contribution in [3.63, 3.8) is 0 Å². The summed E-state index contributed by atoms with van der Waals surface area (Å²) in [5.74, 6) is -0.153. The summed E-state index contributed by atoms with van der Waals surface area (Å²) in [7, 11) is 0. The number of nitrogens with zero attached hydrogens (tertiary/aromatic N) is 3. The molecule has 0 bridgehead atoms. The van der Waals surface area contributed by atoms with Crippen LogP contribution in [-0.4, -0.2) is 14.9 Å². The van der Waals surface area contributed by atoms with E-state index in [9.17, 15) is 14.5 Å². The van der Waals surface area contributed by atoms with Gasteiger partial charge in [-0.1, -0.05) is 31.2 Å². The van der Waals surface area contributed by atoms with Crippen LogP contribution in [0.5, 0.6) is 0 Å². The van der Waals surface area contributed by atoms with Crippen molar-refractivity contribution in [2.45, 2.75) is 19.9 Å². The van der Waals surface area contributed by atoms with Gasteiger partial charge in [0.25, 0.3) is 0 Å². The fraction of sp³-hybridized carbons (Fsp3) is 0.158. The molecule has 0 aliphatic carbocycles. The Kier molecular flexibility index (Phi) is 5.55. The minimum atomic E-state index is -0.532. The normalized spacial score (nSPS) is 10.4. The molecule has 7 nitrogen and oxygen atoms in total. The molecule has 0 spiro atoms. The van der Waals surface area contributed by atoms with E-state index in [1.165, 1.54) is 24.0 Å². The van der Waals surface area contributed by atoms with Crippen molar-refractivity contribution in [2.24, 2.45) is 0 Å². The molecule has 0 atom stereocenters. The summed E-state index contributed by atoms with van der Waals surface area (Å²) >= 11 is 0. The van der Waals surface area contributed by atoms with Gasteiger partial charge < -0.3 is 10.6 Å². The Balaban J connectivity index is 1.83. The van der Waals surface area contributed by atoms with Gasteiger partial charge in [0.1, 0.15) is 12.1 Å². The maximum absolute atomic E-state index is 13.0. The fourth-order valence-corrected chi connectivity index (χ4v) is 2.52. The second-order valence-electron chi connectivity index (χ2n) is 5.83. The maximum Gasteiger partial charge on any atom is 0.353 e. The second kappa shape index (κ2) is 8.22. The predicted octanol–water partition coefficient (Wildman–Crippen LogP) is 4.44. The van der Waals surface area contributed by atoms with Crippen LogP contribution in [0, 0.1) is 15.9 Å². The summed E-state index contributed by atoms with van der Waals surface area (Å²) in [4.78, 5) is 19.0. The van der Waals surface area contributed by atoms with Gasteiger partial charge in [-0.2, -0.15) is 0 Å². The Morgan fingerprint density at radius 2 is 1.63 bits per heavy atom. The van der Waals surface area contributed by atoms with Crippen LogP contribution in [0.1, 0.15) is 18.1 Å². The van der Waals surface area contributed by atoms with E-state index in [1.807, 2.05) is 24.3 Å². The average Bonchev–Trinajstić information content (AvgIpc) is 2.68. The van der Waals surface area contributed by atoms with Crippen LogP contribution in [0.25, 0.3) is 0 Å². The molecular weight excluding hydrogens is 349 g/mol. The zero-order valence-corrected chi connectivity index (χ0v) is 14.6. The zero-order valence-electron chi connectivity index (χ0n) is 14.6. The van der Waals surface area contributed by atoms with Gasteiger partial charge in [0.2, 0.25) is 11.6 Å².